The summed E-state index contributed by atoms with van der Waals surface area (Å²) in [6.07, 6.45) is 1.82. The molecule has 1 aliphatic rings. The molecule has 0 aliphatic carbocycles. The second-order valence-electron chi connectivity index (χ2n) is 8.86. The lowest BCUT2D eigenvalue weighted by atomic mass is 10.0. The van der Waals surface area contributed by atoms with Crippen LogP contribution in [0, 0.1) is 5.92 Å². The maximum atomic E-state index is 12.7. The van der Waals surface area contributed by atoms with Gasteiger partial charge in [0.05, 0.1) is 25.4 Å². The van der Waals surface area contributed by atoms with Gasteiger partial charge in [-0.25, -0.2) is 4.79 Å². The van der Waals surface area contributed by atoms with E-state index in [0.29, 0.717) is 17.2 Å². The van der Waals surface area contributed by atoms with Crippen LogP contribution in [0.25, 0.3) is 0 Å². The van der Waals surface area contributed by atoms with E-state index in [1.54, 1.807) is 12.1 Å². The van der Waals surface area contributed by atoms with Gasteiger partial charge in [0.2, 0.25) is 5.91 Å². The number of methoxy groups -OCH3 is 1. The highest BCUT2D eigenvalue weighted by molar-refractivity contribution is 6.30. The highest BCUT2D eigenvalue weighted by Crippen LogP contribution is 2.24. The Morgan fingerprint density at radius 3 is 2.24 bits per heavy atom. The molecule has 1 amide bonds. The highest BCUT2D eigenvalue weighted by atomic mass is 35.5. The van der Waals surface area contributed by atoms with Crippen molar-refractivity contribution < 1.29 is 19.1 Å². The molecule has 0 unspecified atom stereocenters. The average molecular weight is 487 g/mol. The molecule has 0 radical (unpaired) electrons. The molecule has 1 aliphatic heterocycles. The summed E-state index contributed by atoms with van der Waals surface area (Å²) >= 11 is 6.10. The summed E-state index contributed by atoms with van der Waals surface area (Å²) in [5.41, 5.74) is 2.55. The number of rotatable bonds is 10. The van der Waals surface area contributed by atoms with E-state index in [0.717, 1.165) is 56.7 Å². The Labute approximate surface area is 207 Å². The number of hydrogen-bond acceptors (Lipinski definition) is 5. The smallest absolute Gasteiger partial charge is 0.337 e. The van der Waals surface area contributed by atoms with Crippen molar-refractivity contribution in [1.82, 2.24) is 9.80 Å². The summed E-state index contributed by atoms with van der Waals surface area (Å²) in [5, 5.41) is 0.689. The van der Waals surface area contributed by atoms with E-state index in [9.17, 15) is 9.59 Å². The molecule has 0 N–H and O–H groups in total. The average Bonchev–Trinajstić information content (AvgIpc) is 2.87. The zero-order chi connectivity index (χ0) is 24.5. The van der Waals surface area contributed by atoms with E-state index in [1.165, 1.54) is 7.11 Å². The predicted octanol–water partition coefficient (Wildman–Crippen LogP) is 4.96. The first-order valence-corrected chi connectivity index (χ1v) is 12.3. The molecule has 0 bridgehead atoms. The Bertz CT molecular complexity index is 925. The molecule has 0 aromatic heterocycles. The van der Waals surface area contributed by atoms with Crippen LogP contribution < -0.4 is 0 Å². The fraction of sp³-hybridized carbons (Fsp3) is 0.481. The van der Waals surface area contributed by atoms with E-state index in [-0.39, 0.29) is 23.9 Å². The Balaban J connectivity index is 1.61. The number of hydrogen-bond donors (Lipinski definition) is 0. The topological polar surface area (TPSA) is 59.1 Å². The van der Waals surface area contributed by atoms with Gasteiger partial charge in [0.25, 0.3) is 0 Å². The van der Waals surface area contributed by atoms with Crippen LogP contribution in [-0.4, -0.2) is 61.5 Å². The van der Waals surface area contributed by atoms with Crippen LogP contribution in [0.2, 0.25) is 5.02 Å². The SMILES string of the molecule is CCC[C@@H](C)C(=O)N1CCN(C[C@@H](OCc2ccc(C(=O)OC)cc2)c2ccc(Cl)cc2)CC1. The standard InChI is InChI=1S/C27H35ClN2O4/c1-4-5-20(2)26(31)30-16-14-29(15-17-30)18-25(22-10-12-24(28)13-11-22)34-19-21-6-8-23(9-7-21)27(32)33-3/h6-13,20,25H,4-5,14-19H2,1-3H3/t20-,25-/m1/s1. The Morgan fingerprint density at radius 2 is 1.65 bits per heavy atom. The third-order valence-electron chi connectivity index (χ3n) is 6.32. The summed E-state index contributed by atoms with van der Waals surface area (Å²) in [7, 11) is 1.37. The van der Waals surface area contributed by atoms with Crippen molar-refractivity contribution in [1.29, 1.82) is 0 Å². The molecule has 184 valence electrons. The summed E-state index contributed by atoms with van der Waals surface area (Å²) in [6, 6.07) is 15.0. The molecular formula is C27H35ClN2O4. The zero-order valence-electron chi connectivity index (χ0n) is 20.3. The van der Waals surface area contributed by atoms with E-state index < -0.39 is 0 Å². The van der Waals surface area contributed by atoms with Crippen LogP contribution in [0.5, 0.6) is 0 Å². The van der Waals surface area contributed by atoms with Gasteiger partial charge in [0.1, 0.15) is 0 Å². The number of carbonyl (C=O) groups is 2. The molecule has 2 atom stereocenters. The maximum Gasteiger partial charge on any atom is 0.337 e. The number of nitrogens with zero attached hydrogens (tertiary/aromatic N) is 2. The molecule has 1 fully saturated rings. The molecule has 2 aromatic carbocycles. The van der Waals surface area contributed by atoms with Gasteiger partial charge in [-0.1, -0.05) is 56.1 Å². The minimum absolute atomic E-state index is 0.0901. The van der Waals surface area contributed by atoms with Crippen LogP contribution in [0.1, 0.15) is 54.3 Å². The van der Waals surface area contributed by atoms with Crippen molar-refractivity contribution in [3.8, 4) is 0 Å². The normalized spacial score (nSPS) is 16.2. The Kier molecular flexibility index (Phi) is 9.93. The fourth-order valence-corrected chi connectivity index (χ4v) is 4.36. The first kappa shape index (κ1) is 26.2. The van der Waals surface area contributed by atoms with Gasteiger partial charge in [0, 0.05) is 43.7 Å². The van der Waals surface area contributed by atoms with E-state index >= 15 is 0 Å². The number of benzene rings is 2. The van der Waals surface area contributed by atoms with Crippen molar-refractivity contribution in [2.75, 3.05) is 39.8 Å². The number of ether oxygens (including phenoxy) is 2. The summed E-state index contributed by atoms with van der Waals surface area (Å²) in [6.45, 7) is 8.44. The molecule has 0 spiro atoms. The van der Waals surface area contributed by atoms with Gasteiger partial charge in [-0.05, 0) is 41.8 Å². The lowest BCUT2D eigenvalue weighted by Crippen LogP contribution is -2.50. The first-order valence-electron chi connectivity index (χ1n) is 12.0. The van der Waals surface area contributed by atoms with E-state index in [4.69, 9.17) is 21.1 Å². The Hall–Kier alpha value is -2.41. The third-order valence-corrected chi connectivity index (χ3v) is 6.57. The lowest BCUT2D eigenvalue weighted by molar-refractivity contribution is -0.137. The second kappa shape index (κ2) is 12.9. The quantitative estimate of drug-likeness (QED) is 0.444. The van der Waals surface area contributed by atoms with Crippen molar-refractivity contribution in [2.24, 2.45) is 5.92 Å². The Morgan fingerprint density at radius 1 is 1.00 bits per heavy atom. The summed E-state index contributed by atoms with van der Waals surface area (Å²) in [5.74, 6) is 0.00268. The van der Waals surface area contributed by atoms with E-state index in [1.807, 2.05) is 48.2 Å². The number of esters is 1. The van der Waals surface area contributed by atoms with Crippen LogP contribution in [0.4, 0.5) is 0 Å². The zero-order valence-corrected chi connectivity index (χ0v) is 21.1. The minimum atomic E-state index is -0.353. The number of carbonyl (C=O) groups excluding carboxylic acids is 2. The molecule has 7 heteroatoms. The largest absolute Gasteiger partial charge is 0.465 e. The molecule has 2 aromatic rings. The molecule has 6 nitrogen and oxygen atoms in total. The van der Waals surface area contributed by atoms with Crippen LogP contribution in [-0.2, 0) is 20.9 Å². The van der Waals surface area contributed by atoms with Gasteiger partial charge in [-0.3, -0.25) is 9.69 Å². The van der Waals surface area contributed by atoms with Crippen molar-refractivity contribution in [3.63, 3.8) is 0 Å². The predicted molar refractivity (Wildman–Crippen MR) is 134 cm³/mol. The summed E-state index contributed by atoms with van der Waals surface area (Å²) in [4.78, 5) is 28.7. The van der Waals surface area contributed by atoms with Gasteiger partial charge in [-0.15, -0.1) is 0 Å². The van der Waals surface area contributed by atoms with Gasteiger partial charge in [-0.2, -0.15) is 0 Å². The second-order valence-corrected chi connectivity index (χ2v) is 9.29. The molecule has 34 heavy (non-hydrogen) atoms. The van der Waals surface area contributed by atoms with Gasteiger partial charge in [0.15, 0.2) is 0 Å². The number of piperazine rings is 1. The molecule has 1 saturated heterocycles. The van der Waals surface area contributed by atoms with Crippen LogP contribution in [0.15, 0.2) is 48.5 Å². The molecule has 1 heterocycles. The number of halogens is 1. The van der Waals surface area contributed by atoms with Crippen molar-refractivity contribution >= 4 is 23.5 Å². The minimum Gasteiger partial charge on any atom is -0.465 e. The molecule has 0 saturated carbocycles. The van der Waals surface area contributed by atoms with Crippen LogP contribution in [0.3, 0.4) is 0 Å². The number of amides is 1. The monoisotopic (exact) mass is 486 g/mol. The van der Waals surface area contributed by atoms with Crippen molar-refractivity contribution in [3.05, 3.63) is 70.2 Å². The van der Waals surface area contributed by atoms with Crippen LogP contribution >= 0.6 is 11.6 Å². The van der Waals surface area contributed by atoms with Gasteiger partial charge >= 0.3 is 5.97 Å². The molecular weight excluding hydrogens is 452 g/mol. The lowest BCUT2D eigenvalue weighted by Gasteiger charge is -2.37. The van der Waals surface area contributed by atoms with Gasteiger partial charge < -0.3 is 14.4 Å². The maximum absolute atomic E-state index is 12.7. The van der Waals surface area contributed by atoms with E-state index in [2.05, 4.69) is 11.8 Å². The fourth-order valence-electron chi connectivity index (χ4n) is 4.24. The third kappa shape index (κ3) is 7.29. The first-order chi connectivity index (χ1) is 16.4. The summed E-state index contributed by atoms with van der Waals surface area (Å²) < 4.78 is 11.1. The van der Waals surface area contributed by atoms with Crippen molar-refractivity contribution in [2.45, 2.75) is 39.4 Å². The molecule has 3 rings (SSSR count). The highest BCUT2D eigenvalue weighted by Gasteiger charge is 2.26.